The molecule has 98 valence electrons. The van der Waals surface area contributed by atoms with E-state index in [1.807, 2.05) is 30.2 Å². The van der Waals surface area contributed by atoms with E-state index >= 15 is 0 Å². The molecule has 4 heteroatoms. The number of aliphatic imine (C=N–C) groups is 1. The zero-order valence-corrected chi connectivity index (χ0v) is 11.7. The Morgan fingerprint density at radius 3 is 3.22 bits per heavy atom. The zero-order valence-electron chi connectivity index (χ0n) is 10.9. The second kappa shape index (κ2) is 7.54. The maximum Gasteiger partial charge on any atom is 0.0548 e. The molecule has 0 atom stereocenters. The van der Waals surface area contributed by atoms with Crippen LogP contribution in [0, 0.1) is 0 Å². The van der Waals surface area contributed by atoms with Crippen LogP contribution in [0.2, 0.25) is 0 Å². The molecule has 0 aromatic carbocycles. The van der Waals surface area contributed by atoms with Crippen LogP contribution in [-0.2, 0) is 6.54 Å². The second-order valence-electron chi connectivity index (χ2n) is 4.46. The third-order valence-electron chi connectivity index (χ3n) is 2.76. The van der Waals surface area contributed by atoms with Gasteiger partial charge < -0.3 is 5.32 Å². The molecule has 2 rings (SSSR count). The third-order valence-corrected chi connectivity index (χ3v) is 3.66. The van der Waals surface area contributed by atoms with Crippen molar-refractivity contribution in [1.29, 1.82) is 0 Å². The summed E-state index contributed by atoms with van der Waals surface area (Å²) in [5, 5.41) is 3.41. The summed E-state index contributed by atoms with van der Waals surface area (Å²) in [4.78, 5) is 8.86. The molecule has 0 saturated heterocycles. The SMILES string of the molecule is CCSCCNCc1cc(C=NC2CC2)ccn1. The Hall–Kier alpha value is -0.870. The predicted octanol–water partition coefficient (Wildman–Crippen LogP) is 2.51. The van der Waals surface area contributed by atoms with Crippen LogP contribution in [0.5, 0.6) is 0 Å². The Morgan fingerprint density at radius 2 is 2.44 bits per heavy atom. The molecule has 1 heterocycles. The molecule has 1 aliphatic rings. The van der Waals surface area contributed by atoms with Crippen molar-refractivity contribution in [3.8, 4) is 0 Å². The quantitative estimate of drug-likeness (QED) is 0.578. The van der Waals surface area contributed by atoms with Crippen molar-refractivity contribution in [3.05, 3.63) is 29.6 Å². The first kappa shape index (κ1) is 13.6. The van der Waals surface area contributed by atoms with Crippen LogP contribution in [0.3, 0.4) is 0 Å². The second-order valence-corrected chi connectivity index (χ2v) is 5.86. The Labute approximate surface area is 113 Å². The first-order valence-electron chi connectivity index (χ1n) is 6.65. The lowest BCUT2D eigenvalue weighted by atomic mass is 10.2. The summed E-state index contributed by atoms with van der Waals surface area (Å²) in [5.41, 5.74) is 2.26. The van der Waals surface area contributed by atoms with Gasteiger partial charge in [-0.1, -0.05) is 6.92 Å². The molecule has 1 aliphatic carbocycles. The highest BCUT2D eigenvalue weighted by molar-refractivity contribution is 7.99. The van der Waals surface area contributed by atoms with E-state index in [0.29, 0.717) is 6.04 Å². The fourth-order valence-electron chi connectivity index (χ4n) is 1.59. The molecule has 0 radical (unpaired) electrons. The highest BCUT2D eigenvalue weighted by Gasteiger charge is 2.18. The molecule has 0 aliphatic heterocycles. The van der Waals surface area contributed by atoms with E-state index in [2.05, 4.69) is 28.3 Å². The Balaban J connectivity index is 1.75. The molecule has 0 unspecified atom stereocenters. The standard InChI is InChI=1S/C14H21N3S/c1-2-18-8-7-15-11-14-9-12(5-6-16-14)10-17-13-3-4-13/h5-6,9-10,13,15H,2-4,7-8,11H2,1H3. The average Bonchev–Trinajstić information content (AvgIpc) is 3.21. The minimum Gasteiger partial charge on any atom is -0.310 e. The number of nitrogens with one attached hydrogen (secondary N) is 1. The summed E-state index contributed by atoms with van der Waals surface area (Å²) in [6.45, 7) is 4.07. The van der Waals surface area contributed by atoms with E-state index in [0.717, 1.165) is 24.3 Å². The smallest absolute Gasteiger partial charge is 0.0548 e. The van der Waals surface area contributed by atoms with Crippen LogP contribution in [0.1, 0.15) is 31.0 Å². The van der Waals surface area contributed by atoms with E-state index in [1.165, 1.54) is 24.3 Å². The average molecular weight is 263 g/mol. The highest BCUT2D eigenvalue weighted by atomic mass is 32.2. The Kier molecular flexibility index (Phi) is 5.68. The molecule has 18 heavy (non-hydrogen) atoms. The molecular weight excluding hydrogens is 242 g/mol. The number of hydrogen-bond donors (Lipinski definition) is 1. The third kappa shape index (κ3) is 5.19. The fraction of sp³-hybridized carbons (Fsp3) is 0.571. The van der Waals surface area contributed by atoms with Gasteiger partial charge in [0.2, 0.25) is 0 Å². The first-order valence-corrected chi connectivity index (χ1v) is 7.80. The maximum absolute atomic E-state index is 4.49. The molecule has 0 spiro atoms. The molecule has 1 saturated carbocycles. The topological polar surface area (TPSA) is 37.3 Å². The number of rotatable bonds is 8. The summed E-state index contributed by atoms with van der Waals surface area (Å²) >= 11 is 1.96. The van der Waals surface area contributed by atoms with Crippen molar-refractivity contribution in [2.45, 2.75) is 32.4 Å². The largest absolute Gasteiger partial charge is 0.310 e. The van der Waals surface area contributed by atoms with Crippen LogP contribution in [0.4, 0.5) is 0 Å². The van der Waals surface area contributed by atoms with E-state index in [1.54, 1.807) is 0 Å². The van der Waals surface area contributed by atoms with Crippen molar-refractivity contribution < 1.29 is 0 Å². The Bertz CT molecular complexity index is 388. The Morgan fingerprint density at radius 1 is 1.56 bits per heavy atom. The minimum atomic E-state index is 0.589. The van der Waals surface area contributed by atoms with Gasteiger partial charge in [0, 0.05) is 31.3 Å². The van der Waals surface area contributed by atoms with Crippen LogP contribution >= 0.6 is 11.8 Å². The number of thioether (sulfide) groups is 1. The summed E-state index contributed by atoms with van der Waals surface area (Å²) in [5.74, 6) is 2.35. The molecule has 1 N–H and O–H groups in total. The van der Waals surface area contributed by atoms with Crippen molar-refractivity contribution in [2.24, 2.45) is 4.99 Å². The summed E-state index contributed by atoms with van der Waals surface area (Å²) in [6, 6.07) is 4.72. The number of nitrogens with zero attached hydrogens (tertiary/aromatic N) is 2. The summed E-state index contributed by atoms with van der Waals surface area (Å²) in [6.07, 6.45) is 6.36. The van der Waals surface area contributed by atoms with Gasteiger partial charge in [0.25, 0.3) is 0 Å². The summed E-state index contributed by atoms with van der Waals surface area (Å²) < 4.78 is 0. The monoisotopic (exact) mass is 263 g/mol. The van der Waals surface area contributed by atoms with Crippen molar-refractivity contribution >= 4 is 18.0 Å². The maximum atomic E-state index is 4.49. The lowest BCUT2D eigenvalue weighted by molar-refractivity contribution is 0.715. The molecule has 3 nitrogen and oxygen atoms in total. The first-order chi connectivity index (χ1) is 8.88. The predicted molar refractivity (Wildman–Crippen MR) is 79.6 cm³/mol. The van der Waals surface area contributed by atoms with Gasteiger partial charge in [-0.05, 0) is 36.3 Å². The fourth-order valence-corrected chi connectivity index (χ4v) is 2.17. The zero-order chi connectivity index (χ0) is 12.6. The van der Waals surface area contributed by atoms with Crippen molar-refractivity contribution in [3.63, 3.8) is 0 Å². The number of pyridine rings is 1. The number of hydrogen-bond acceptors (Lipinski definition) is 4. The molecule has 1 aromatic heterocycles. The minimum absolute atomic E-state index is 0.589. The van der Waals surface area contributed by atoms with Gasteiger partial charge in [-0.25, -0.2) is 0 Å². The van der Waals surface area contributed by atoms with Gasteiger partial charge in [0.1, 0.15) is 0 Å². The van der Waals surface area contributed by atoms with Crippen LogP contribution in [-0.4, -0.2) is 35.3 Å². The summed E-state index contributed by atoms with van der Waals surface area (Å²) in [7, 11) is 0. The van der Waals surface area contributed by atoms with Crippen LogP contribution < -0.4 is 5.32 Å². The van der Waals surface area contributed by atoms with Crippen LogP contribution in [0.15, 0.2) is 23.3 Å². The van der Waals surface area contributed by atoms with Gasteiger partial charge in [-0.15, -0.1) is 0 Å². The van der Waals surface area contributed by atoms with Gasteiger partial charge in [0.05, 0.1) is 11.7 Å². The lowest BCUT2D eigenvalue weighted by Crippen LogP contribution is -2.17. The highest BCUT2D eigenvalue weighted by Crippen LogP contribution is 2.23. The molecular formula is C14H21N3S. The van der Waals surface area contributed by atoms with Gasteiger partial charge in [-0.2, -0.15) is 11.8 Å². The normalized spacial score (nSPS) is 15.4. The molecule has 0 amide bonds. The van der Waals surface area contributed by atoms with E-state index in [-0.39, 0.29) is 0 Å². The van der Waals surface area contributed by atoms with E-state index in [9.17, 15) is 0 Å². The van der Waals surface area contributed by atoms with E-state index in [4.69, 9.17) is 0 Å². The van der Waals surface area contributed by atoms with Gasteiger partial charge >= 0.3 is 0 Å². The molecule has 1 fully saturated rings. The number of aromatic nitrogens is 1. The van der Waals surface area contributed by atoms with Crippen LogP contribution in [0.25, 0.3) is 0 Å². The lowest BCUT2D eigenvalue weighted by Gasteiger charge is -2.04. The molecule has 1 aromatic rings. The van der Waals surface area contributed by atoms with Gasteiger partial charge in [0.15, 0.2) is 0 Å². The van der Waals surface area contributed by atoms with E-state index < -0.39 is 0 Å². The van der Waals surface area contributed by atoms with Gasteiger partial charge in [-0.3, -0.25) is 9.98 Å². The van der Waals surface area contributed by atoms with Crippen molar-refractivity contribution in [1.82, 2.24) is 10.3 Å². The molecule has 0 bridgehead atoms. The van der Waals surface area contributed by atoms with Crippen molar-refractivity contribution in [2.75, 3.05) is 18.1 Å².